The number of nitrogens with two attached hydrogens (primary N) is 1. The third-order valence-corrected chi connectivity index (χ3v) is 3.62. The monoisotopic (exact) mass is 263 g/mol. The van der Waals surface area contributed by atoms with Gasteiger partial charge in [-0.15, -0.1) is 0 Å². The first kappa shape index (κ1) is 13.8. The molecule has 1 aromatic carbocycles. The lowest BCUT2D eigenvalue weighted by atomic mass is 9.93. The number of fused-ring (bicyclic) bond motifs is 1. The molecule has 2 aromatic rings. The number of oxazole rings is 1. The van der Waals surface area contributed by atoms with E-state index in [9.17, 15) is 4.79 Å². The third kappa shape index (κ3) is 2.43. The highest BCUT2D eigenvalue weighted by molar-refractivity contribution is 5.73. The van der Waals surface area contributed by atoms with Crippen LogP contribution in [0.15, 0.2) is 27.4 Å². The van der Waals surface area contributed by atoms with E-state index in [0.29, 0.717) is 18.0 Å². The molecular weight excluding hydrogens is 242 g/mol. The molecule has 0 amide bonds. The Morgan fingerprint density at radius 1 is 1.42 bits per heavy atom. The molecule has 5 heteroatoms. The first-order chi connectivity index (χ1) is 8.95. The molecule has 2 N–H and O–H groups in total. The Morgan fingerprint density at radius 3 is 2.68 bits per heavy atom. The van der Waals surface area contributed by atoms with Gasteiger partial charge in [-0.1, -0.05) is 13.0 Å². The second kappa shape index (κ2) is 5.19. The zero-order valence-corrected chi connectivity index (χ0v) is 11.9. The maximum atomic E-state index is 11.5. The maximum absolute atomic E-state index is 11.5. The third-order valence-electron chi connectivity index (χ3n) is 3.62. The van der Waals surface area contributed by atoms with Gasteiger partial charge >= 0.3 is 5.76 Å². The maximum Gasteiger partial charge on any atom is 0.419 e. The number of benzene rings is 1. The van der Waals surface area contributed by atoms with E-state index in [4.69, 9.17) is 10.2 Å². The molecule has 1 heterocycles. The molecule has 19 heavy (non-hydrogen) atoms. The number of aromatic nitrogens is 1. The van der Waals surface area contributed by atoms with Gasteiger partial charge < -0.3 is 15.1 Å². The van der Waals surface area contributed by atoms with Crippen LogP contribution in [-0.2, 0) is 7.05 Å². The highest BCUT2D eigenvalue weighted by Gasteiger charge is 2.21. The van der Waals surface area contributed by atoms with Crippen LogP contribution in [0.4, 0.5) is 0 Å². The molecule has 0 radical (unpaired) electrons. The zero-order chi connectivity index (χ0) is 14.2. The van der Waals surface area contributed by atoms with Crippen molar-refractivity contribution in [1.29, 1.82) is 0 Å². The van der Waals surface area contributed by atoms with Crippen LogP contribution in [0, 0.1) is 5.92 Å². The van der Waals surface area contributed by atoms with Crippen molar-refractivity contribution in [3.8, 4) is 0 Å². The topological polar surface area (TPSA) is 64.4 Å². The van der Waals surface area contributed by atoms with E-state index >= 15 is 0 Å². The molecule has 2 unspecified atom stereocenters. The van der Waals surface area contributed by atoms with Gasteiger partial charge in [0.2, 0.25) is 0 Å². The highest BCUT2D eigenvalue weighted by atomic mass is 16.4. The van der Waals surface area contributed by atoms with Gasteiger partial charge in [0.25, 0.3) is 0 Å². The lowest BCUT2D eigenvalue weighted by Gasteiger charge is -2.29. The lowest BCUT2D eigenvalue weighted by molar-refractivity contribution is 0.227. The molecule has 0 aliphatic rings. The molecule has 0 bridgehead atoms. The first-order valence-corrected chi connectivity index (χ1v) is 6.41. The summed E-state index contributed by atoms with van der Waals surface area (Å²) in [6.07, 6.45) is 0. The van der Waals surface area contributed by atoms with Crippen molar-refractivity contribution in [3.05, 3.63) is 34.3 Å². The molecule has 0 spiro atoms. The lowest BCUT2D eigenvalue weighted by Crippen LogP contribution is -2.30. The van der Waals surface area contributed by atoms with Crippen molar-refractivity contribution in [1.82, 2.24) is 9.47 Å². The van der Waals surface area contributed by atoms with Crippen molar-refractivity contribution in [3.63, 3.8) is 0 Å². The number of aryl methyl sites for hydroxylation is 1. The van der Waals surface area contributed by atoms with Gasteiger partial charge in [-0.05, 0) is 44.3 Å². The van der Waals surface area contributed by atoms with Crippen LogP contribution < -0.4 is 11.5 Å². The summed E-state index contributed by atoms with van der Waals surface area (Å²) in [5, 5.41) is 0. The predicted molar refractivity (Wildman–Crippen MR) is 76.1 cm³/mol. The fourth-order valence-electron chi connectivity index (χ4n) is 2.59. The Labute approximate surface area is 112 Å². The predicted octanol–water partition coefficient (Wildman–Crippen LogP) is 1.33. The number of rotatable bonds is 4. The largest absolute Gasteiger partial charge is 0.419 e. The van der Waals surface area contributed by atoms with Crippen molar-refractivity contribution < 1.29 is 4.42 Å². The van der Waals surface area contributed by atoms with Crippen molar-refractivity contribution in [2.24, 2.45) is 18.7 Å². The number of hydrogen-bond acceptors (Lipinski definition) is 4. The normalized spacial score (nSPS) is 15.1. The molecule has 0 saturated heterocycles. The SMILES string of the molecule is CC(CN)C(c1ccc2oc(=O)n(C)c2c1)N(C)C. The van der Waals surface area contributed by atoms with Crippen LogP contribution >= 0.6 is 0 Å². The average Bonchev–Trinajstić information content (AvgIpc) is 2.65. The number of hydrogen-bond donors (Lipinski definition) is 1. The van der Waals surface area contributed by atoms with Crippen molar-refractivity contribution in [2.75, 3.05) is 20.6 Å². The fourth-order valence-corrected chi connectivity index (χ4v) is 2.59. The van der Waals surface area contributed by atoms with Gasteiger partial charge in [-0.3, -0.25) is 4.57 Å². The summed E-state index contributed by atoms with van der Waals surface area (Å²) >= 11 is 0. The van der Waals surface area contributed by atoms with E-state index < -0.39 is 0 Å². The zero-order valence-electron chi connectivity index (χ0n) is 11.9. The quantitative estimate of drug-likeness (QED) is 0.904. The van der Waals surface area contributed by atoms with Crippen LogP contribution in [0.25, 0.3) is 11.1 Å². The molecule has 0 fully saturated rings. The molecule has 104 valence electrons. The van der Waals surface area contributed by atoms with Crippen LogP contribution in [0.1, 0.15) is 18.5 Å². The second-order valence-electron chi connectivity index (χ2n) is 5.28. The summed E-state index contributed by atoms with van der Waals surface area (Å²) in [5.74, 6) is -0.00296. The Balaban J connectivity index is 2.54. The Kier molecular flexibility index (Phi) is 3.78. The van der Waals surface area contributed by atoms with E-state index in [-0.39, 0.29) is 11.8 Å². The summed E-state index contributed by atoms with van der Waals surface area (Å²) in [4.78, 5) is 13.7. The molecule has 0 aliphatic heterocycles. The van der Waals surface area contributed by atoms with Crippen LogP contribution in [0.2, 0.25) is 0 Å². The summed E-state index contributed by atoms with van der Waals surface area (Å²) in [6, 6.07) is 6.09. The van der Waals surface area contributed by atoms with E-state index in [0.717, 1.165) is 11.1 Å². The van der Waals surface area contributed by atoms with Gasteiger partial charge in [0.15, 0.2) is 5.58 Å². The Bertz CT molecular complexity index is 627. The highest BCUT2D eigenvalue weighted by Crippen LogP contribution is 2.28. The smallest absolute Gasteiger partial charge is 0.408 e. The molecule has 1 aromatic heterocycles. The standard InChI is InChI=1S/C14H21N3O2/c1-9(8-15)13(16(2)3)10-5-6-12-11(7-10)17(4)14(18)19-12/h5-7,9,13H,8,15H2,1-4H3. The molecule has 2 atom stereocenters. The van der Waals surface area contributed by atoms with Crippen LogP contribution in [0.5, 0.6) is 0 Å². The summed E-state index contributed by atoms with van der Waals surface area (Å²) in [7, 11) is 5.79. The van der Waals surface area contributed by atoms with Crippen molar-refractivity contribution >= 4 is 11.1 Å². The van der Waals surface area contributed by atoms with Gasteiger partial charge in [-0.25, -0.2) is 4.79 Å². The second-order valence-corrected chi connectivity index (χ2v) is 5.28. The molecule has 5 nitrogen and oxygen atoms in total. The molecule has 0 saturated carbocycles. The molecular formula is C14H21N3O2. The summed E-state index contributed by atoms with van der Waals surface area (Å²) in [6.45, 7) is 2.74. The average molecular weight is 263 g/mol. The van der Waals surface area contributed by atoms with Gasteiger partial charge in [0, 0.05) is 13.1 Å². The van der Waals surface area contributed by atoms with Gasteiger partial charge in [-0.2, -0.15) is 0 Å². The van der Waals surface area contributed by atoms with E-state index in [2.05, 4.69) is 11.8 Å². The van der Waals surface area contributed by atoms with Gasteiger partial charge in [0.05, 0.1) is 5.52 Å². The minimum absolute atomic E-state index is 0.222. The molecule has 0 aliphatic carbocycles. The van der Waals surface area contributed by atoms with E-state index in [1.165, 1.54) is 4.57 Å². The Morgan fingerprint density at radius 2 is 2.11 bits per heavy atom. The molecule has 2 rings (SSSR count). The van der Waals surface area contributed by atoms with Crippen LogP contribution in [0.3, 0.4) is 0 Å². The first-order valence-electron chi connectivity index (χ1n) is 6.41. The summed E-state index contributed by atoms with van der Waals surface area (Å²) < 4.78 is 6.68. The van der Waals surface area contributed by atoms with E-state index in [1.54, 1.807) is 7.05 Å². The summed E-state index contributed by atoms with van der Waals surface area (Å²) in [5.41, 5.74) is 8.38. The fraction of sp³-hybridized carbons (Fsp3) is 0.500. The van der Waals surface area contributed by atoms with E-state index in [1.807, 2.05) is 32.3 Å². The minimum atomic E-state index is -0.333. The van der Waals surface area contributed by atoms with Gasteiger partial charge in [0.1, 0.15) is 0 Å². The Hall–Kier alpha value is -1.59. The van der Waals surface area contributed by atoms with Crippen molar-refractivity contribution in [2.45, 2.75) is 13.0 Å². The minimum Gasteiger partial charge on any atom is -0.408 e. The van der Waals surface area contributed by atoms with Crippen LogP contribution in [-0.4, -0.2) is 30.1 Å². The number of nitrogens with zero attached hydrogens (tertiary/aromatic N) is 2.